The smallest absolute Gasteiger partial charge is 0.164 e. The first-order chi connectivity index (χ1) is 46.5. The van der Waals surface area contributed by atoms with Gasteiger partial charge in [-0.1, -0.05) is 261 Å². The molecule has 0 fully saturated rings. The first-order valence-electron chi connectivity index (χ1n) is 31.8. The minimum Gasteiger partial charge on any atom is -0.309 e. The molecule has 0 unspecified atom stereocenters. The average molecular weight is 1200 g/mol. The van der Waals surface area contributed by atoms with E-state index in [4.69, 9.17) is 29.9 Å². The topological polar surface area (TPSA) is 87.2 Å². The van der Waals surface area contributed by atoms with Gasteiger partial charge in [0.05, 0.1) is 33.4 Å². The lowest BCUT2D eigenvalue weighted by molar-refractivity contribution is 1.07. The summed E-state index contributed by atoms with van der Waals surface area (Å²) in [5.41, 5.74) is 22.4. The third-order valence-electron chi connectivity index (χ3n) is 18.1. The molecule has 8 nitrogen and oxygen atoms in total. The van der Waals surface area contributed by atoms with E-state index in [-0.39, 0.29) is 0 Å². The van der Waals surface area contributed by atoms with Crippen LogP contribution in [0.5, 0.6) is 0 Å². The molecule has 13 aromatic carbocycles. The van der Waals surface area contributed by atoms with Crippen LogP contribution in [0.15, 0.2) is 315 Å². The molecule has 0 aliphatic rings. The minimum atomic E-state index is 0.543. The van der Waals surface area contributed by atoms with Gasteiger partial charge in [0.1, 0.15) is 0 Å². The van der Waals surface area contributed by atoms with Crippen molar-refractivity contribution in [3.8, 4) is 124 Å². The zero-order valence-electron chi connectivity index (χ0n) is 51.6. The number of nitrogens with zero attached hydrogens (tertiary/aromatic N) is 8. The van der Waals surface area contributed by atoms with E-state index >= 15 is 0 Å². The van der Waals surface area contributed by atoms with Crippen molar-refractivity contribution in [2.24, 2.45) is 0 Å². The Morgan fingerprint density at radius 1 is 0.202 bits per heavy atom. The molecule has 0 radical (unpaired) electrons. The first-order valence-corrected chi connectivity index (χ1v) is 31.8. The van der Waals surface area contributed by atoms with Crippen LogP contribution in [0.3, 0.4) is 0 Å². The number of fused-ring (bicyclic) bond motifs is 6. The molecule has 0 saturated heterocycles. The second-order valence-corrected chi connectivity index (χ2v) is 23.9. The third kappa shape index (κ3) is 9.80. The fourth-order valence-electron chi connectivity index (χ4n) is 13.7. The van der Waals surface area contributed by atoms with Gasteiger partial charge in [0.25, 0.3) is 0 Å². The van der Waals surface area contributed by atoms with Gasteiger partial charge in [0, 0.05) is 66.1 Å². The summed E-state index contributed by atoms with van der Waals surface area (Å²) in [6.45, 7) is 4.37. The Morgan fingerprint density at radius 2 is 0.500 bits per heavy atom. The van der Waals surface area contributed by atoms with Crippen molar-refractivity contribution in [2.75, 3.05) is 0 Å². The van der Waals surface area contributed by atoms with Gasteiger partial charge in [-0.05, 0) is 113 Å². The van der Waals surface area contributed by atoms with Gasteiger partial charge in [0.15, 0.2) is 34.9 Å². The number of hydrogen-bond acceptors (Lipinski definition) is 6. The predicted molar refractivity (Wildman–Crippen MR) is 386 cm³/mol. The van der Waals surface area contributed by atoms with E-state index in [1.54, 1.807) is 0 Å². The lowest BCUT2D eigenvalue weighted by atomic mass is 9.91. The second-order valence-electron chi connectivity index (χ2n) is 23.9. The Hall–Kier alpha value is -12.5. The molecule has 0 bridgehead atoms. The van der Waals surface area contributed by atoms with Crippen LogP contribution >= 0.6 is 0 Å². The van der Waals surface area contributed by atoms with Crippen LogP contribution in [0.2, 0.25) is 0 Å². The van der Waals surface area contributed by atoms with Gasteiger partial charge in [-0.3, -0.25) is 0 Å². The highest BCUT2D eigenvalue weighted by atomic mass is 15.1. The molecule has 4 heterocycles. The van der Waals surface area contributed by atoms with E-state index in [1.165, 1.54) is 22.3 Å². The zero-order valence-corrected chi connectivity index (χ0v) is 51.6. The van der Waals surface area contributed by atoms with Gasteiger partial charge < -0.3 is 9.13 Å². The second kappa shape index (κ2) is 23.4. The van der Waals surface area contributed by atoms with E-state index in [0.29, 0.717) is 34.9 Å². The summed E-state index contributed by atoms with van der Waals surface area (Å²) >= 11 is 0. The Morgan fingerprint density at radius 3 is 0.883 bits per heavy atom. The summed E-state index contributed by atoms with van der Waals surface area (Å²) in [5.74, 6) is 3.39. The predicted octanol–water partition coefficient (Wildman–Crippen LogP) is 21.5. The zero-order chi connectivity index (χ0) is 62.6. The molecule has 442 valence electrons. The van der Waals surface area contributed by atoms with E-state index in [0.717, 1.165) is 122 Å². The maximum absolute atomic E-state index is 5.47. The lowest BCUT2D eigenvalue weighted by Crippen LogP contribution is -2.05. The molecule has 0 atom stereocenters. The van der Waals surface area contributed by atoms with Crippen molar-refractivity contribution < 1.29 is 0 Å². The fraction of sp³-hybridized carbons (Fsp3) is 0.0233. The van der Waals surface area contributed by atoms with Gasteiger partial charge >= 0.3 is 0 Å². The molecule has 0 spiro atoms. The van der Waals surface area contributed by atoms with Crippen LogP contribution in [0, 0.1) is 13.8 Å². The van der Waals surface area contributed by atoms with Crippen LogP contribution in [0.4, 0.5) is 0 Å². The molecular formula is C86H58N8. The summed E-state index contributed by atoms with van der Waals surface area (Å²) < 4.78 is 4.86. The van der Waals surface area contributed by atoms with Crippen LogP contribution in [0.1, 0.15) is 11.1 Å². The maximum Gasteiger partial charge on any atom is 0.164 e. The fourth-order valence-corrected chi connectivity index (χ4v) is 13.7. The van der Waals surface area contributed by atoms with E-state index in [2.05, 4.69) is 266 Å². The molecule has 0 amide bonds. The number of para-hydroxylation sites is 2. The van der Waals surface area contributed by atoms with Crippen LogP contribution in [0.25, 0.3) is 168 Å². The number of hydrogen-bond donors (Lipinski definition) is 0. The minimum absolute atomic E-state index is 0.543. The van der Waals surface area contributed by atoms with Crippen LogP contribution in [-0.4, -0.2) is 39.0 Å². The van der Waals surface area contributed by atoms with Crippen LogP contribution in [-0.2, 0) is 0 Å². The van der Waals surface area contributed by atoms with E-state index in [9.17, 15) is 0 Å². The van der Waals surface area contributed by atoms with Gasteiger partial charge in [0.2, 0.25) is 0 Å². The molecular weight excluding hydrogens is 1150 g/mol. The molecule has 17 rings (SSSR count). The lowest BCUT2D eigenvalue weighted by Gasteiger charge is -2.21. The Balaban J connectivity index is 0.964. The van der Waals surface area contributed by atoms with Gasteiger partial charge in [-0.2, -0.15) is 0 Å². The number of benzene rings is 13. The highest BCUT2D eigenvalue weighted by Gasteiger charge is 2.26. The summed E-state index contributed by atoms with van der Waals surface area (Å²) in [6.07, 6.45) is 0. The Labute approximate surface area is 544 Å². The molecule has 0 saturated carbocycles. The van der Waals surface area contributed by atoms with Crippen molar-refractivity contribution in [1.82, 2.24) is 39.0 Å². The molecule has 17 aromatic rings. The summed E-state index contributed by atoms with van der Waals surface area (Å²) in [4.78, 5) is 32.2. The normalized spacial score (nSPS) is 11.5. The number of aryl methyl sites for hydroxylation is 2. The molecule has 0 N–H and O–H groups in total. The number of aromatic nitrogens is 8. The van der Waals surface area contributed by atoms with Gasteiger partial charge in [-0.15, -0.1) is 0 Å². The van der Waals surface area contributed by atoms with Crippen molar-refractivity contribution in [1.29, 1.82) is 0 Å². The van der Waals surface area contributed by atoms with Gasteiger partial charge in [-0.25, -0.2) is 29.9 Å². The summed E-state index contributed by atoms with van der Waals surface area (Å²) in [7, 11) is 0. The number of rotatable bonds is 12. The molecule has 8 heteroatoms. The van der Waals surface area contributed by atoms with E-state index in [1.807, 2.05) is 72.8 Å². The SMILES string of the molecule is Cc1ccccc1-c1ccc2c(c1)c1ccccc1n2-c1cccc(-c2nc(-c3ccccc3)nc(-c3ccccc3)n2)c1-c1cccc(-c2c(-c3nc(-c4ccccc4)nc(-c4ccccc4)n3)cccc2-n2c3ccccc3c3cc(-c4ccccc4C)ccc32)c1. The summed E-state index contributed by atoms with van der Waals surface area (Å²) in [5, 5.41) is 4.59. The average Bonchev–Trinajstić information content (AvgIpc) is 1.55. The molecule has 0 aliphatic carbocycles. The monoisotopic (exact) mass is 1200 g/mol. The van der Waals surface area contributed by atoms with Crippen LogP contribution < -0.4 is 0 Å². The van der Waals surface area contributed by atoms with E-state index < -0.39 is 0 Å². The highest BCUT2D eigenvalue weighted by Crippen LogP contribution is 2.47. The van der Waals surface area contributed by atoms with Crippen molar-refractivity contribution in [3.63, 3.8) is 0 Å². The first kappa shape index (κ1) is 55.5. The van der Waals surface area contributed by atoms with Crippen molar-refractivity contribution in [3.05, 3.63) is 327 Å². The molecule has 4 aromatic heterocycles. The molecule has 94 heavy (non-hydrogen) atoms. The standard InChI is InChI=1S/C86H58N8/c1-55-26-15-17-38-65(55)61-48-50-75-71(53-61)67-40-19-21-44-73(67)93(75)77-46-24-42-69(85-89-81(57-28-7-3-8-29-57)87-82(90-85)58-30-9-4-10-31-58)79(77)63-36-23-37-64(52-63)80-70(86-91-83(59-32-11-5-12-33-59)88-84(92-86)60-34-13-6-14-35-60)43-25-47-78(80)94-74-45-22-20-41-68(74)72-54-62(49-51-76(72)94)66-39-18-16-27-56(66)2/h3-54H,1-2H3. The Bertz CT molecular complexity index is 5290. The third-order valence-corrected chi connectivity index (χ3v) is 18.1. The largest absolute Gasteiger partial charge is 0.309 e. The quantitative estimate of drug-likeness (QED) is 0.121. The Kier molecular flexibility index (Phi) is 13.8. The van der Waals surface area contributed by atoms with Crippen molar-refractivity contribution in [2.45, 2.75) is 13.8 Å². The van der Waals surface area contributed by atoms with Crippen molar-refractivity contribution >= 4 is 43.6 Å². The summed E-state index contributed by atoms with van der Waals surface area (Å²) in [6, 6.07) is 111. The highest BCUT2D eigenvalue weighted by molar-refractivity contribution is 6.13. The molecule has 0 aliphatic heterocycles. The maximum atomic E-state index is 5.47.